The van der Waals surface area contributed by atoms with E-state index in [0.717, 1.165) is 40.7 Å². The molecule has 27 heavy (non-hydrogen) atoms. The van der Waals surface area contributed by atoms with Gasteiger partial charge in [0.25, 0.3) is 0 Å². The third-order valence-electron chi connectivity index (χ3n) is 5.14. The van der Waals surface area contributed by atoms with Crippen LogP contribution in [0.2, 0.25) is 0 Å². The van der Waals surface area contributed by atoms with Gasteiger partial charge in [-0.2, -0.15) is 0 Å². The molecule has 0 saturated carbocycles. The zero-order valence-corrected chi connectivity index (χ0v) is 16.5. The summed E-state index contributed by atoms with van der Waals surface area (Å²) in [6, 6.07) is 14.3. The van der Waals surface area contributed by atoms with Crippen molar-refractivity contribution in [2.24, 2.45) is 0 Å². The molecule has 1 fully saturated rings. The van der Waals surface area contributed by atoms with Crippen molar-refractivity contribution in [3.05, 3.63) is 53.7 Å². The van der Waals surface area contributed by atoms with E-state index in [1.54, 1.807) is 11.9 Å². The average Bonchev–Trinajstić information content (AvgIpc) is 3.29. The van der Waals surface area contributed by atoms with E-state index < -0.39 is 5.97 Å². The van der Waals surface area contributed by atoms with Gasteiger partial charge >= 0.3 is 5.97 Å². The van der Waals surface area contributed by atoms with Crippen molar-refractivity contribution >= 4 is 28.8 Å². The molecule has 0 amide bonds. The molecule has 3 aromatic rings. The number of rotatable bonds is 5. The van der Waals surface area contributed by atoms with Crippen molar-refractivity contribution in [1.82, 2.24) is 9.29 Å². The van der Waals surface area contributed by atoms with Crippen LogP contribution in [-0.4, -0.2) is 33.5 Å². The topological polar surface area (TPSA) is 56.3 Å². The zero-order valence-electron chi connectivity index (χ0n) is 15.7. The Balaban J connectivity index is 1.77. The minimum Gasteiger partial charge on any atom is -0.477 e. The lowest BCUT2D eigenvalue weighted by Gasteiger charge is -2.13. The van der Waals surface area contributed by atoms with Crippen LogP contribution in [0, 0.1) is 0 Å². The second kappa shape index (κ2) is 7.41. The van der Waals surface area contributed by atoms with Gasteiger partial charge in [-0.15, -0.1) is 0 Å². The number of hydrogen-bond acceptors (Lipinski definition) is 3. The lowest BCUT2D eigenvalue weighted by Crippen LogP contribution is -2.08. The molecule has 1 aliphatic rings. The number of carboxylic acids is 1. The molecule has 0 aliphatic carbocycles. The van der Waals surface area contributed by atoms with Crippen LogP contribution in [-0.2, 0) is 0 Å². The molecule has 1 aliphatic heterocycles. The predicted molar refractivity (Wildman–Crippen MR) is 111 cm³/mol. The first-order chi connectivity index (χ1) is 13.0. The maximum atomic E-state index is 11.9. The second-order valence-electron chi connectivity index (χ2n) is 7.36. The number of H-pyrrole nitrogens is 1. The van der Waals surface area contributed by atoms with Crippen LogP contribution in [0.25, 0.3) is 22.0 Å². The molecular weight excluding hydrogens is 356 g/mol. The van der Waals surface area contributed by atoms with Crippen molar-refractivity contribution in [1.29, 1.82) is 0 Å². The monoisotopic (exact) mass is 380 g/mol. The number of aromatic nitrogens is 1. The van der Waals surface area contributed by atoms with Gasteiger partial charge in [-0.3, -0.25) is 0 Å². The molecule has 0 bridgehead atoms. The quantitative estimate of drug-likeness (QED) is 0.553. The Morgan fingerprint density at radius 1 is 1.11 bits per heavy atom. The third kappa shape index (κ3) is 3.49. The summed E-state index contributed by atoms with van der Waals surface area (Å²) < 4.78 is 2.39. The molecule has 2 heterocycles. The number of nitrogens with one attached hydrogen (secondary N) is 1. The fraction of sp³-hybridized carbons (Fsp3) is 0.318. The Hall–Kier alpha value is -2.24. The largest absolute Gasteiger partial charge is 0.477 e. The number of para-hydroxylation sites is 1. The van der Waals surface area contributed by atoms with Gasteiger partial charge in [-0.25, -0.2) is 9.10 Å². The van der Waals surface area contributed by atoms with Crippen LogP contribution in [0.4, 0.5) is 0 Å². The number of carbonyl (C=O) groups is 1. The summed E-state index contributed by atoms with van der Waals surface area (Å²) in [7, 11) is 0. The van der Waals surface area contributed by atoms with E-state index in [-0.39, 0.29) is 5.69 Å². The third-order valence-corrected chi connectivity index (χ3v) is 6.25. The first kappa shape index (κ1) is 18.1. The molecular formula is C22H24N2O2S. The molecule has 0 spiro atoms. The first-order valence-corrected chi connectivity index (χ1v) is 10.2. The van der Waals surface area contributed by atoms with Crippen LogP contribution in [0.15, 0.2) is 47.4 Å². The van der Waals surface area contributed by atoms with E-state index in [0.29, 0.717) is 5.92 Å². The first-order valence-electron chi connectivity index (χ1n) is 9.46. The van der Waals surface area contributed by atoms with Crippen LogP contribution >= 0.6 is 11.9 Å². The van der Waals surface area contributed by atoms with Gasteiger partial charge in [0.1, 0.15) is 5.69 Å². The molecule has 0 radical (unpaired) electrons. The summed E-state index contributed by atoms with van der Waals surface area (Å²) in [6.07, 6.45) is 2.53. The number of carboxylic acid groups (broad SMARTS) is 1. The van der Waals surface area contributed by atoms with Crippen LogP contribution < -0.4 is 0 Å². The Morgan fingerprint density at radius 2 is 1.81 bits per heavy atom. The fourth-order valence-electron chi connectivity index (χ4n) is 3.79. The molecule has 4 rings (SSSR count). The van der Waals surface area contributed by atoms with E-state index in [1.165, 1.54) is 17.7 Å². The van der Waals surface area contributed by atoms with Crippen molar-refractivity contribution in [2.75, 3.05) is 13.1 Å². The summed E-state index contributed by atoms with van der Waals surface area (Å²) in [6.45, 7) is 6.52. The lowest BCUT2D eigenvalue weighted by atomic mass is 9.97. The average molecular weight is 381 g/mol. The van der Waals surface area contributed by atoms with Crippen molar-refractivity contribution < 1.29 is 9.90 Å². The Kier molecular flexibility index (Phi) is 4.98. The van der Waals surface area contributed by atoms with Gasteiger partial charge in [-0.05, 0) is 54.0 Å². The number of fused-ring (bicyclic) bond motifs is 1. The molecule has 140 valence electrons. The molecule has 2 N–H and O–H groups in total. The molecule has 5 heteroatoms. The number of nitrogens with zero attached hydrogens (tertiary/aromatic N) is 1. The minimum atomic E-state index is -0.925. The van der Waals surface area contributed by atoms with E-state index >= 15 is 0 Å². The molecule has 0 atom stereocenters. The number of aromatic carboxylic acids is 1. The SMILES string of the molecule is CC(C)c1cccc2c(-c3ccc(SN4CCCC4)cc3)c(C(=O)O)[nH]c12. The number of benzene rings is 2. The fourth-order valence-corrected chi connectivity index (χ4v) is 4.79. The maximum Gasteiger partial charge on any atom is 0.352 e. The number of hydrogen-bond donors (Lipinski definition) is 2. The van der Waals surface area contributed by atoms with Gasteiger partial charge in [0.05, 0.1) is 5.52 Å². The standard InChI is InChI=1S/C22H24N2O2S/c1-14(2)17-6-5-7-18-19(21(22(25)26)23-20(17)18)15-8-10-16(11-9-15)27-24-12-3-4-13-24/h5-11,14,23H,3-4,12-13H2,1-2H3,(H,25,26). The smallest absolute Gasteiger partial charge is 0.352 e. The van der Waals surface area contributed by atoms with Crippen molar-refractivity contribution in [3.8, 4) is 11.1 Å². The maximum absolute atomic E-state index is 11.9. The predicted octanol–water partition coefficient (Wildman–Crippen LogP) is 5.76. The molecule has 1 aromatic heterocycles. The second-order valence-corrected chi connectivity index (χ2v) is 8.53. The van der Waals surface area contributed by atoms with Crippen molar-refractivity contribution in [2.45, 2.75) is 37.5 Å². The highest BCUT2D eigenvalue weighted by molar-refractivity contribution is 7.97. The Labute approximate surface area is 163 Å². The Bertz CT molecular complexity index is 970. The molecule has 2 aromatic carbocycles. The lowest BCUT2D eigenvalue weighted by molar-refractivity contribution is 0.0692. The molecule has 1 saturated heterocycles. The van der Waals surface area contributed by atoms with Gasteiger partial charge in [0.2, 0.25) is 0 Å². The summed E-state index contributed by atoms with van der Waals surface area (Å²) in [5, 5.41) is 10.7. The van der Waals surface area contributed by atoms with Crippen LogP contribution in [0.1, 0.15) is 48.7 Å². The highest BCUT2D eigenvalue weighted by atomic mass is 32.2. The van der Waals surface area contributed by atoms with E-state index in [2.05, 4.69) is 41.3 Å². The number of aromatic amines is 1. The van der Waals surface area contributed by atoms with Gasteiger partial charge < -0.3 is 10.1 Å². The summed E-state index contributed by atoms with van der Waals surface area (Å²) in [5.74, 6) is -0.604. The van der Waals surface area contributed by atoms with Gasteiger partial charge in [0.15, 0.2) is 0 Å². The van der Waals surface area contributed by atoms with Crippen LogP contribution in [0.5, 0.6) is 0 Å². The van der Waals surface area contributed by atoms with Crippen molar-refractivity contribution in [3.63, 3.8) is 0 Å². The molecule has 0 unspecified atom stereocenters. The van der Waals surface area contributed by atoms with Gasteiger partial charge in [0, 0.05) is 28.9 Å². The highest BCUT2D eigenvalue weighted by Crippen LogP contribution is 2.37. The molecule has 4 nitrogen and oxygen atoms in total. The normalized spacial score (nSPS) is 15.1. The van der Waals surface area contributed by atoms with Gasteiger partial charge in [-0.1, -0.05) is 44.2 Å². The zero-order chi connectivity index (χ0) is 19.0. The van der Waals surface area contributed by atoms with E-state index in [4.69, 9.17) is 0 Å². The minimum absolute atomic E-state index is 0.262. The summed E-state index contributed by atoms with van der Waals surface area (Å²) >= 11 is 1.79. The van der Waals surface area contributed by atoms with E-state index in [9.17, 15) is 9.90 Å². The van der Waals surface area contributed by atoms with E-state index in [1.807, 2.05) is 24.3 Å². The summed E-state index contributed by atoms with van der Waals surface area (Å²) in [5.41, 5.74) is 4.04. The van der Waals surface area contributed by atoms with Crippen LogP contribution in [0.3, 0.4) is 0 Å². The summed E-state index contributed by atoms with van der Waals surface area (Å²) in [4.78, 5) is 16.3. The highest BCUT2D eigenvalue weighted by Gasteiger charge is 2.21. The Morgan fingerprint density at radius 3 is 2.44 bits per heavy atom.